The lowest BCUT2D eigenvalue weighted by atomic mass is 10.1. The number of ether oxygens (including phenoxy) is 1. The van der Waals surface area contributed by atoms with Crippen molar-refractivity contribution in [3.63, 3.8) is 0 Å². The first-order valence-electron chi connectivity index (χ1n) is 5.89. The molecular formula is C15H14ClFO2. The highest BCUT2D eigenvalue weighted by Crippen LogP contribution is 2.31. The molecule has 19 heavy (non-hydrogen) atoms. The van der Waals surface area contributed by atoms with Crippen molar-refractivity contribution in [1.82, 2.24) is 0 Å². The summed E-state index contributed by atoms with van der Waals surface area (Å²) < 4.78 is 19.0. The van der Waals surface area contributed by atoms with Crippen LogP contribution in [-0.4, -0.2) is 5.11 Å². The zero-order chi connectivity index (χ0) is 14.0. The summed E-state index contributed by atoms with van der Waals surface area (Å²) in [6.45, 7) is 3.48. The van der Waals surface area contributed by atoms with Crippen LogP contribution in [-0.2, 0) is 0 Å². The molecular weight excluding hydrogens is 267 g/mol. The van der Waals surface area contributed by atoms with Crippen molar-refractivity contribution in [3.8, 4) is 11.5 Å². The Balaban J connectivity index is 2.29. The van der Waals surface area contributed by atoms with Crippen molar-refractivity contribution in [2.24, 2.45) is 0 Å². The van der Waals surface area contributed by atoms with Gasteiger partial charge < -0.3 is 9.84 Å². The first kappa shape index (κ1) is 13.8. The molecule has 100 valence electrons. The first-order valence-corrected chi connectivity index (χ1v) is 6.26. The fraction of sp³-hybridized carbons (Fsp3) is 0.200. The number of halogens is 2. The average molecular weight is 281 g/mol. The number of hydrogen-bond acceptors (Lipinski definition) is 2. The minimum atomic E-state index is -0.655. The van der Waals surface area contributed by atoms with Crippen LogP contribution in [0.3, 0.4) is 0 Å². The summed E-state index contributed by atoms with van der Waals surface area (Å²) >= 11 is 6.03. The lowest BCUT2D eigenvalue weighted by Crippen LogP contribution is -1.94. The van der Waals surface area contributed by atoms with Crippen LogP contribution in [0, 0.1) is 12.7 Å². The standard InChI is InChI=1S/C15H14ClFO2/c1-9-3-6-14(17)15(7-9)19-11-4-5-12(10(2)18)13(16)8-11/h3-8,10,18H,1-2H3. The van der Waals surface area contributed by atoms with Gasteiger partial charge in [0.1, 0.15) is 5.75 Å². The summed E-state index contributed by atoms with van der Waals surface area (Å²) in [5, 5.41) is 9.87. The number of aryl methyl sites for hydroxylation is 1. The van der Waals surface area contributed by atoms with E-state index in [2.05, 4.69) is 0 Å². The predicted octanol–water partition coefficient (Wildman–Crippen LogP) is 4.63. The largest absolute Gasteiger partial charge is 0.454 e. The molecule has 0 amide bonds. The van der Waals surface area contributed by atoms with E-state index in [9.17, 15) is 9.50 Å². The summed E-state index contributed by atoms with van der Waals surface area (Å²) in [6.07, 6.45) is -0.655. The molecule has 2 rings (SSSR count). The van der Waals surface area contributed by atoms with Gasteiger partial charge in [-0.25, -0.2) is 4.39 Å². The van der Waals surface area contributed by atoms with E-state index in [-0.39, 0.29) is 5.75 Å². The van der Waals surface area contributed by atoms with E-state index < -0.39 is 11.9 Å². The lowest BCUT2D eigenvalue weighted by Gasteiger charge is -2.11. The Kier molecular flexibility index (Phi) is 4.08. The van der Waals surface area contributed by atoms with E-state index in [4.69, 9.17) is 16.3 Å². The lowest BCUT2D eigenvalue weighted by molar-refractivity contribution is 0.199. The van der Waals surface area contributed by atoms with Gasteiger partial charge in [0.05, 0.1) is 11.1 Å². The summed E-state index contributed by atoms with van der Waals surface area (Å²) in [6, 6.07) is 9.52. The molecule has 0 bridgehead atoms. The van der Waals surface area contributed by atoms with Crippen molar-refractivity contribution in [2.75, 3.05) is 0 Å². The normalized spacial score (nSPS) is 12.3. The van der Waals surface area contributed by atoms with Gasteiger partial charge in [-0.2, -0.15) is 0 Å². The molecule has 1 unspecified atom stereocenters. The van der Waals surface area contributed by atoms with Gasteiger partial charge in [0, 0.05) is 0 Å². The molecule has 0 aliphatic heterocycles. The van der Waals surface area contributed by atoms with E-state index in [0.29, 0.717) is 16.3 Å². The van der Waals surface area contributed by atoms with Crippen molar-refractivity contribution < 1.29 is 14.2 Å². The first-order chi connectivity index (χ1) is 8.97. The van der Waals surface area contributed by atoms with Crippen LogP contribution in [0.15, 0.2) is 36.4 Å². The second kappa shape index (κ2) is 5.59. The smallest absolute Gasteiger partial charge is 0.165 e. The SMILES string of the molecule is Cc1ccc(F)c(Oc2ccc(C(C)O)c(Cl)c2)c1. The minimum Gasteiger partial charge on any atom is -0.454 e. The highest BCUT2D eigenvalue weighted by Gasteiger charge is 2.10. The van der Waals surface area contributed by atoms with Gasteiger partial charge in [-0.3, -0.25) is 0 Å². The number of hydrogen-bond donors (Lipinski definition) is 1. The van der Waals surface area contributed by atoms with Crippen LogP contribution in [0.25, 0.3) is 0 Å². The molecule has 2 nitrogen and oxygen atoms in total. The van der Waals surface area contributed by atoms with Crippen LogP contribution in [0.2, 0.25) is 5.02 Å². The molecule has 0 aromatic heterocycles. The molecule has 1 atom stereocenters. The fourth-order valence-electron chi connectivity index (χ4n) is 1.73. The number of rotatable bonds is 3. The van der Waals surface area contributed by atoms with Crippen molar-refractivity contribution in [1.29, 1.82) is 0 Å². The number of aliphatic hydroxyl groups excluding tert-OH is 1. The van der Waals surface area contributed by atoms with Gasteiger partial charge in [0.2, 0.25) is 0 Å². The third-order valence-electron chi connectivity index (χ3n) is 2.74. The van der Waals surface area contributed by atoms with Gasteiger partial charge >= 0.3 is 0 Å². The summed E-state index contributed by atoms with van der Waals surface area (Å²) in [7, 11) is 0. The molecule has 0 fully saturated rings. The highest BCUT2D eigenvalue weighted by atomic mass is 35.5. The van der Waals surface area contributed by atoms with E-state index in [1.54, 1.807) is 37.3 Å². The Labute approximate surface area is 116 Å². The van der Waals surface area contributed by atoms with E-state index in [1.807, 2.05) is 6.92 Å². The van der Waals surface area contributed by atoms with Crippen LogP contribution < -0.4 is 4.74 Å². The van der Waals surface area contributed by atoms with Crippen LogP contribution >= 0.6 is 11.6 Å². The molecule has 2 aromatic rings. The third kappa shape index (κ3) is 3.25. The Morgan fingerprint density at radius 3 is 2.58 bits per heavy atom. The monoisotopic (exact) mass is 280 g/mol. The quantitative estimate of drug-likeness (QED) is 0.888. The Morgan fingerprint density at radius 2 is 1.95 bits per heavy atom. The van der Waals surface area contributed by atoms with Gasteiger partial charge in [-0.15, -0.1) is 0 Å². The Morgan fingerprint density at radius 1 is 1.21 bits per heavy atom. The minimum absolute atomic E-state index is 0.154. The maximum Gasteiger partial charge on any atom is 0.165 e. The molecule has 0 saturated carbocycles. The maximum absolute atomic E-state index is 13.6. The van der Waals surface area contributed by atoms with Gasteiger partial charge in [0.25, 0.3) is 0 Å². The van der Waals surface area contributed by atoms with E-state index in [0.717, 1.165) is 5.56 Å². The molecule has 2 aromatic carbocycles. The molecule has 1 N–H and O–H groups in total. The van der Waals surface area contributed by atoms with Crippen LogP contribution in [0.5, 0.6) is 11.5 Å². The number of aliphatic hydroxyl groups is 1. The van der Waals surface area contributed by atoms with Gasteiger partial charge in [-0.05, 0) is 49.2 Å². The molecule has 0 saturated heterocycles. The summed E-state index contributed by atoms with van der Waals surface area (Å²) in [5.41, 5.74) is 1.52. The fourth-order valence-corrected chi connectivity index (χ4v) is 2.05. The van der Waals surface area contributed by atoms with E-state index >= 15 is 0 Å². The number of benzene rings is 2. The third-order valence-corrected chi connectivity index (χ3v) is 3.06. The summed E-state index contributed by atoms with van der Waals surface area (Å²) in [5.74, 6) is 0.154. The predicted molar refractivity (Wildman–Crippen MR) is 73.3 cm³/mol. The van der Waals surface area contributed by atoms with Crippen molar-refractivity contribution in [3.05, 3.63) is 58.4 Å². The Hall–Kier alpha value is -1.58. The molecule has 0 aliphatic carbocycles. The maximum atomic E-state index is 13.6. The topological polar surface area (TPSA) is 29.5 Å². The molecule has 0 aliphatic rings. The molecule has 0 radical (unpaired) electrons. The van der Waals surface area contributed by atoms with E-state index in [1.165, 1.54) is 6.07 Å². The van der Waals surface area contributed by atoms with Crippen molar-refractivity contribution in [2.45, 2.75) is 20.0 Å². The zero-order valence-corrected chi connectivity index (χ0v) is 11.4. The van der Waals surface area contributed by atoms with Crippen molar-refractivity contribution >= 4 is 11.6 Å². The highest BCUT2D eigenvalue weighted by molar-refractivity contribution is 6.31. The average Bonchev–Trinajstić information content (AvgIpc) is 2.33. The van der Waals surface area contributed by atoms with Gasteiger partial charge in [0.15, 0.2) is 11.6 Å². The van der Waals surface area contributed by atoms with Crippen LogP contribution in [0.4, 0.5) is 4.39 Å². The second-order valence-corrected chi connectivity index (χ2v) is 4.80. The second-order valence-electron chi connectivity index (χ2n) is 4.40. The van der Waals surface area contributed by atoms with Crippen LogP contribution in [0.1, 0.15) is 24.2 Å². The van der Waals surface area contributed by atoms with Gasteiger partial charge in [-0.1, -0.05) is 23.7 Å². The molecule has 0 heterocycles. The molecule has 0 spiro atoms. The zero-order valence-electron chi connectivity index (χ0n) is 10.7. The summed E-state index contributed by atoms with van der Waals surface area (Å²) in [4.78, 5) is 0. The Bertz CT molecular complexity index is 597. The molecule has 4 heteroatoms.